The Morgan fingerprint density at radius 2 is 1.02 bits per heavy atom. The molecule has 3 aromatic heterocycles. The first kappa shape index (κ1) is 37.8. The monoisotopic (exact) mass is 764 g/mol. The van der Waals surface area contributed by atoms with Gasteiger partial charge in [-0.15, -0.1) is 0 Å². The summed E-state index contributed by atoms with van der Waals surface area (Å²) in [6.07, 6.45) is 5.72. The van der Waals surface area contributed by atoms with Gasteiger partial charge in [0, 0.05) is 42.2 Å². The second-order valence-corrected chi connectivity index (χ2v) is 12.9. The van der Waals surface area contributed by atoms with Crippen LogP contribution in [0.3, 0.4) is 0 Å². The highest BCUT2D eigenvalue weighted by molar-refractivity contribution is 6.06. The predicted molar refractivity (Wildman–Crippen MR) is 215 cm³/mol. The average molecular weight is 765 g/mol. The third-order valence-corrected chi connectivity index (χ3v) is 9.54. The highest BCUT2D eigenvalue weighted by Crippen LogP contribution is 2.41. The maximum atomic E-state index is 13.5. The number of aromatic amines is 2. The molecule has 0 aliphatic carbocycles. The topological polar surface area (TPSA) is 165 Å². The summed E-state index contributed by atoms with van der Waals surface area (Å²) >= 11 is 0. The zero-order chi connectivity index (χ0) is 40.2. The Hall–Kier alpha value is -7.54. The molecule has 3 heterocycles. The van der Waals surface area contributed by atoms with E-state index in [9.17, 15) is 33.4 Å². The highest BCUT2D eigenvalue weighted by Gasteiger charge is 2.21. The molecule has 0 unspecified atom stereocenters. The van der Waals surface area contributed by atoms with Gasteiger partial charge >= 0.3 is 0 Å². The molecule has 11 nitrogen and oxygen atoms in total. The van der Waals surface area contributed by atoms with Crippen molar-refractivity contribution >= 4 is 27.7 Å². The minimum atomic E-state index is -0.410. The summed E-state index contributed by atoms with van der Waals surface area (Å²) in [5.41, 5.74) is 5.17. The maximum absolute atomic E-state index is 13.5. The number of carbonyl (C=O) groups excluding carboxylic acids is 1. The van der Waals surface area contributed by atoms with Gasteiger partial charge in [-0.05, 0) is 108 Å². The molecule has 0 bridgehead atoms. The van der Waals surface area contributed by atoms with Crippen LogP contribution in [0.4, 0.5) is 8.78 Å². The zero-order valence-corrected chi connectivity index (χ0v) is 30.6. The molecule has 5 aromatic carbocycles. The molecule has 1 amide bonds. The van der Waals surface area contributed by atoms with Crippen molar-refractivity contribution in [1.29, 1.82) is 0 Å². The molecule has 8 rings (SSSR count). The number of aromatic hydroxyl groups is 2. The lowest BCUT2D eigenvalue weighted by Gasteiger charge is -2.19. The van der Waals surface area contributed by atoms with Gasteiger partial charge < -0.3 is 25.1 Å². The molecular weight excluding hydrogens is 731 g/mol. The van der Waals surface area contributed by atoms with Crippen molar-refractivity contribution in [2.75, 3.05) is 13.1 Å². The number of aromatic nitrogens is 5. The Labute approximate surface area is 323 Å². The normalized spacial score (nSPS) is 10.9. The van der Waals surface area contributed by atoms with Crippen molar-refractivity contribution in [2.24, 2.45) is 0 Å². The number of halogens is 2. The largest absolute Gasteiger partial charge is 0.506 e. The van der Waals surface area contributed by atoms with Crippen LogP contribution in [0, 0.1) is 11.6 Å². The number of phenols is 2. The minimum Gasteiger partial charge on any atom is -0.506 e. The second kappa shape index (κ2) is 16.1. The van der Waals surface area contributed by atoms with Gasteiger partial charge in [-0.25, -0.2) is 18.7 Å². The van der Waals surface area contributed by atoms with Crippen LogP contribution in [0.5, 0.6) is 11.5 Å². The van der Waals surface area contributed by atoms with E-state index in [1.807, 2.05) is 13.8 Å². The molecule has 0 saturated heterocycles. The smallest absolute Gasteiger partial charge is 0.259 e. The Balaban J connectivity index is 0.000000179. The van der Waals surface area contributed by atoms with Crippen LogP contribution < -0.4 is 11.1 Å². The van der Waals surface area contributed by atoms with Crippen LogP contribution in [0.15, 0.2) is 132 Å². The summed E-state index contributed by atoms with van der Waals surface area (Å²) in [4.78, 5) is 57.0. The minimum absolute atomic E-state index is 0.0737. The molecule has 0 aliphatic heterocycles. The van der Waals surface area contributed by atoms with Crippen LogP contribution in [0.25, 0.3) is 66.3 Å². The number of hydrogen-bond acceptors (Lipinski definition) is 8. The maximum Gasteiger partial charge on any atom is 0.259 e. The number of benzene rings is 5. The lowest BCUT2D eigenvalue weighted by molar-refractivity contribution is 0.0773. The SMILES string of the molecule is CCN(CC)C(=O)c1ccc(-c2c(-c3ccc(F)cc3)cc(O)c3nc[nH]c(=O)c23)cc1.O=c1[nH]cnc2c(O)cc(-c3ccc(F)cc3)c(-c3ccncc3)c12. The Morgan fingerprint density at radius 3 is 1.44 bits per heavy atom. The van der Waals surface area contributed by atoms with E-state index < -0.39 is 5.56 Å². The van der Waals surface area contributed by atoms with Gasteiger partial charge in [0.2, 0.25) is 0 Å². The Bertz CT molecular complexity index is 2860. The molecule has 0 saturated carbocycles. The molecule has 8 aromatic rings. The lowest BCUT2D eigenvalue weighted by Crippen LogP contribution is -2.30. The summed E-state index contributed by atoms with van der Waals surface area (Å²) in [5.74, 6) is -1.09. The summed E-state index contributed by atoms with van der Waals surface area (Å²) in [6, 6.07) is 25.2. The first-order chi connectivity index (χ1) is 27.6. The van der Waals surface area contributed by atoms with Gasteiger partial charge in [0.1, 0.15) is 34.2 Å². The van der Waals surface area contributed by atoms with Crippen molar-refractivity contribution in [3.63, 3.8) is 0 Å². The van der Waals surface area contributed by atoms with Gasteiger partial charge in [-0.2, -0.15) is 0 Å². The van der Waals surface area contributed by atoms with E-state index in [1.165, 1.54) is 49.1 Å². The fraction of sp³-hybridized carbons (Fsp3) is 0.0909. The zero-order valence-electron chi connectivity index (χ0n) is 30.6. The number of amides is 1. The second-order valence-electron chi connectivity index (χ2n) is 12.9. The Kier molecular flexibility index (Phi) is 10.6. The van der Waals surface area contributed by atoms with Crippen LogP contribution in [-0.2, 0) is 0 Å². The number of pyridine rings is 1. The van der Waals surface area contributed by atoms with Gasteiger partial charge in [-0.1, -0.05) is 36.4 Å². The van der Waals surface area contributed by atoms with Crippen LogP contribution in [0.1, 0.15) is 24.2 Å². The van der Waals surface area contributed by atoms with Crippen molar-refractivity contribution in [1.82, 2.24) is 29.8 Å². The van der Waals surface area contributed by atoms with Crippen LogP contribution >= 0.6 is 0 Å². The van der Waals surface area contributed by atoms with Crippen LogP contribution in [-0.4, -0.2) is 59.0 Å². The fourth-order valence-corrected chi connectivity index (χ4v) is 6.78. The number of hydrogen-bond donors (Lipinski definition) is 4. The summed E-state index contributed by atoms with van der Waals surface area (Å²) in [5, 5.41) is 21.4. The van der Waals surface area contributed by atoms with Gasteiger partial charge in [0.15, 0.2) is 0 Å². The standard InChI is InChI=1S/C25H22FN3O3.C19H12FN3O2/c1-3-29(4-2)25(32)17-7-5-16(6-8-17)21-19(15-9-11-18(26)12-10-15)13-20(30)23-22(21)24(31)28-14-27-23;20-13-3-1-11(2-4-13)14-9-15(24)18-17(19(25)23-10-22-18)16(14)12-5-7-21-8-6-12/h5-14,30H,3-4H2,1-2H3,(H,27,28,31);1-10,24H,(H,22,23,25). The molecule has 0 radical (unpaired) electrons. The average Bonchev–Trinajstić information content (AvgIpc) is 3.23. The molecule has 0 aliphatic rings. The lowest BCUT2D eigenvalue weighted by atomic mass is 9.90. The quantitative estimate of drug-likeness (QED) is 0.127. The third-order valence-electron chi connectivity index (χ3n) is 9.54. The van der Waals surface area contributed by atoms with E-state index in [4.69, 9.17) is 0 Å². The van der Waals surface area contributed by atoms with E-state index in [2.05, 4.69) is 24.9 Å². The Morgan fingerprint density at radius 1 is 0.614 bits per heavy atom. The van der Waals surface area contributed by atoms with E-state index in [0.717, 1.165) is 5.56 Å². The van der Waals surface area contributed by atoms with Crippen molar-refractivity contribution in [3.05, 3.63) is 160 Å². The number of nitrogens with one attached hydrogen (secondary N) is 2. The third kappa shape index (κ3) is 7.45. The van der Waals surface area contributed by atoms with E-state index in [-0.39, 0.29) is 56.4 Å². The number of rotatable bonds is 7. The van der Waals surface area contributed by atoms with E-state index in [0.29, 0.717) is 57.6 Å². The molecule has 57 heavy (non-hydrogen) atoms. The van der Waals surface area contributed by atoms with E-state index in [1.54, 1.807) is 78.0 Å². The number of H-pyrrole nitrogens is 2. The number of fused-ring (bicyclic) bond motifs is 2. The highest BCUT2D eigenvalue weighted by atomic mass is 19.1. The van der Waals surface area contributed by atoms with Gasteiger partial charge in [-0.3, -0.25) is 19.4 Å². The molecule has 13 heteroatoms. The molecule has 0 fully saturated rings. The van der Waals surface area contributed by atoms with Gasteiger partial charge in [0.25, 0.3) is 17.0 Å². The van der Waals surface area contributed by atoms with Crippen molar-refractivity contribution < 1.29 is 23.8 Å². The summed E-state index contributed by atoms with van der Waals surface area (Å²) < 4.78 is 26.8. The molecule has 0 atom stereocenters. The van der Waals surface area contributed by atoms with Crippen molar-refractivity contribution in [3.8, 4) is 56.0 Å². The summed E-state index contributed by atoms with van der Waals surface area (Å²) in [7, 11) is 0. The molecule has 4 N–H and O–H groups in total. The molecule has 0 spiro atoms. The predicted octanol–water partition coefficient (Wildman–Crippen LogP) is 8.08. The number of phenolic OH excluding ortho intramolecular Hbond substituents is 2. The van der Waals surface area contributed by atoms with E-state index >= 15 is 0 Å². The van der Waals surface area contributed by atoms with Crippen molar-refractivity contribution in [2.45, 2.75) is 13.8 Å². The summed E-state index contributed by atoms with van der Waals surface area (Å²) in [6.45, 7) is 5.06. The number of nitrogens with zero attached hydrogens (tertiary/aromatic N) is 4. The first-order valence-corrected chi connectivity index (χ1v) is 17.9. The van der Waals surface area contributed by atoms with Crippen LogP contribution in [0.2, 0.25) is 0 Å². The number of carbonyl (C=O) groups is 1. The first-order valence-electron chi connectivity index (χ1n) is 17.9. The fourth-order valence-electron chi connectivity index (χ4n) is 6.78. The molecular formula is C44H34F2N6O5. The molecule has 284 valence electrons. The van der Waals surface area contributed by atoms with Gasteiger partial charge in [0.05, 0.1) is 23.4 Å².